The monoisotopic (exact) mass is 464 g/mol. The van der Waals surface area contributed by atoms with Gasteiger partial charge in [0.05, 0.1) is 16.9 Å². The molecule has 3 aromatic rings. The zero-order valence-electron chi connectivity index (χ0n) is 16.8. The summed E-state index contributed by atoms with van der Waals surface area (Å²) in [4.78, 5) is 39.0. The number of amides is 2. The largest absolute Gasteiger partial charge is 0.298 e. The molecule has 1 aliphatic rings. The van der Waals surface area contributed by atoms with Crippen molar-refractivity contribution in [3.8, 4) is 5.69 Å². The third-order valence-electron chi connectivity index (χ3n) is 4.97. The van der Waals surface area contributed by atoms with Crippen molar-refractivity contribution in [1.29, 1.82) is 0 Å². The number of carbonyl (C=O) groups is 2. The molecular formula is C23H20N4O3S2. The van der Waals surface area contributed by atoms with Crippen LogP contribution in [0.3, 0.4) is 0 Å². The lowest BCUT2D eigenvalue weighted by atomic mass is 10.0. The van der Waals surface area contributed by atoms with Crippen LogP contribution in [0.25, 0.3) is 11.8 Å². The third-order valence-corrected chi connectivity index (χ3v) is 5.56. The van der Waals surface area contributed by atoms with Gasteiger partial charge in [-0.2, -0.15) is 0 Å². The van der Waals surface area contributed by atoms with Crippen LogP contribution < -0.4 is 16.0 Å². The van der Waals surface area contributed by atoms with Crippen molar-refractivity contribution in [2.24, 2.45) is 5.92 Å². The SMILES string of the molecule is O=C1NN(c2ccc(S)cc2)C(=O)C1CC=CC=Cc1c[nH]n(-c2ccc(S)cc2)c1=O. The zero-order valence-corrected chi connectivity index (χ0v) is 18.6. The Morgan fingerprint density at radius 1 is 0.875 bits per heavy atom. The van der Waals surface area contributed by atoms with E-state index in [0.29, 0.717) is 16.9 Å². The van der Waals surface area contributed by atoms with Gasteiger partial charge in [0.2, 0.25) is 0 Å². The molecule has 1 fully saturated rings. The first kappa shape index (κ1) is 21.8. The number of nitrogens with one attached hydrogen (secondary N) is 2. The molecule has 7 nitrogen and oxygen atoms in total. The number of hydrogen-bond acceptors (Lipinski definition) is 5. The highest BCUT2D eigenvalue weighted by Gasteiger charge is 2.38. The standard InChI is InChI=1S/C23H20N4O3S2/c28-21-20(23(30)27(25-21)17-8-12-19(32)13-9-17)5-3-1-2-4-15-14-24-26(22(15)29)16-6-10-18(31)11-7-16/h1-4,6-14,20,24,31-32H,5H2,(H,25,28). The Kier molecular flexibility index (Phi) is 6.38. The number of aromatic nitrogens is 2. The molecule has 9 heteroatoms. The molecule has 1 atom stereocenters. The number of rotatable bonds is 6. The number of anilines is 1. The predicted molar refractivity (Wildman–Crippen MR) is 129 cm³/mol. The lowest BCUT2D eigenvalue weighted by Gasteiger charge is -2.15. The van der Waals surface area contributed by atoms with Gasteiger partial charge in [-0.15, -0.1) is 25.3 Å². The van der Waals surface area contributed by atoms with Gasteiger partial charge in [-0.05, 0) is 61.0 Å². The minimum absolute atomic E-state index is 0.185. The first-order valence-corrected chi connectivity index (χ1v) is 10.7. The summed E-state index contributed by atoms with van der Waals surface area (Å²) in [6.45, 7) is 0. The molecule has 1 unspecified atom stereocenters. The highest BCUT2D eigenvalue weighted by molar-refractivity contribution is 7.80. The van der Waals surface area contributed by atoms with Gasteiger partial charge < -0.3 is 0 Å². The fraction of sp³-hybridized carbons (Fsp3) is 0.0870. The number of nitrogens with zero attached hydrogens (tertiary/aromatic N) is 2. The van der Waals surface area contributed by atoms with E-state index < -0.39 is 5.92 Å². The Morgan fingerprint density at radius 3 is 2.16 bits per heavy atom. The minimum Gasteiger partial charge on any atom is -0.298 e. The van der Waals surface area contributed by atoms with Crippen molar-refractivity contribution in [2.75, 3.05) is 5.01 Å². The number of hydrogen-bond donors (Lipinski definition) is 4. The van der Waals surface area contributed by atoms with Gasteiger partial charge in [-0.1, -0.05) is 18.2 Å². The third kappa shape index (κ3) is 4.58. The van der Waals surface area contributed by atoms with Gasteiger partial charge in [0.1, 0.15) is 5.92 Å². The van der Waals surface area contributed by atoms with Crippen LogP contribution in [0.5, 0.6) is 0 Å². The summed E-state index contributed by atoms with van der Waals surface area (Å²) in [7, 11) is 0. The summed E-state index contributed by atoms with van der Waals surface area (Å²) in [5.74, 6) is -1.45. The first-order valence-electron chi connectivity index (χ1n) is 9.80. The molecule has 2 heterocycles. The highest BCUT2D eigenvalue weighted by atomic mass is 32.1. The van der Waals surface area contributed by atoms with Crippen molar-refractivity contribution in [3.63, 3.8) is 0 Å². The van der Waals surface area contributed by atoms with Crippen LogP contribution in [-0.4, -0.2) is 21.6 Å². The van der Waals surface area contributed by atoms with Crippen LogP contribution in [0.1, 0.15) is 12.0 Å². The summed E-state index contributed by atoms with van der Waals surface area (Å²) in [6, 6.07) is 14.2. The van der Waals surface area contributed by atoms with Gasteiger partial charge in [0.25, 0.3) is 17.4 Å². The average Bonchev–Trinajstić information content (AvgIpc) is 3.28. The van der Waals surface area contributed by atoms with E-state index in [1.165, 1.54) is 9.69 Å². The van der Waals surface area contributed by atoms with Crippen LogP contribution in [-0.2, 0) is 9.59 Å². The van der Waals surface area contributed by atoms with E-state index in [4.69, 9.17) is 0 Å². The summed E-state index contributed by atoms with van der Waals surface area (Å²) >= 11 is 8.47. The maximum absolute atomic E-state index is 12.6. The van der Waals surface area contributed by atoms with Crippen molar-refractivity contribution >= 4 is 48.8 Å². The molecule has 0 aliphatic carbocycles. The molecule has 2 N–H and O–H groups in total. The second kappa shape index (κ2) is 9.37. The number of carbonyl (C=O) groups excluding carboxylic acids is 2. The van der Waals surface area contributed by atoms with Crippen LogP contribution in [0.4, 0.5) is 5.69 Å². The highest BCUT2D eigenvalue weighted by Crippen LogP contribution is 2.23. The summed E-state index contributed by atoms with van der Waals surface area (Å²) in [5, 5.41) is 4.18. The van der Waals surface area contributed by atoms with Crippen LogP contribution in [0, 0.1) is 5.92 Å². The molecule has 0 saturated carbocycles. The van der Waals surface area contributed by atoms with Crippen molar-refractivity contribution < 1.29 is 9.59 Å². The molecule has 1 saturated heterocycles. The van der Waals surface area contributed by atoms with Gasteiger partial charge in [-0.25, -0.2) is 9.69 Å². The van der Waals surface area contributed by atoms with Gasteiger partial charge >= 0.3 is 0 Å². The molecule has 2 amide bonds. The quantitative estimate of drug-likeness (QED) is 0.256. The predicted octanol–water partition coefficient (Wildman–Crippen LogP) is 3.40. The molecular weight excluding hydrogens is 444 g/mol. The molecule has 0 bridgehead atoms. The fourth-order valence-electron chi connectivity index (χ4n) is 3.26. The smallest absolute Gasteiger partial charge is 0.278 e. The van der Waals surface area contributed by atoms with Crippen molar-refractivity contribution in [3.05, 3.63) is 88.9 Å². The fourth-order valence-corrected chi connectivity index (χ4v) is 3.56. The summed E-state index contributed by atoms with van der Waals surface area (Å²) in [6.07, 6.45) is 8.68. The molecule has 1 aliphatic heterocycles. The Hall–Kier alpha value is -3.43. The van der Waals surface area contributed by atoms with Crippen LogP contribution >= 0.6 is 25.3 Å². The summed E-state index contributed by atoms with van der Waals surface area (Å²) in [5.41, 5.74) is 4.19. The Balaban J connectivity index is 1.38. The van der Waals surface area contributed by atoms with Gasteiger partial charge in [0.15, 0.2) is 0 Å². The molecule has 1 aromatic heterocycles. The van der Waals surface area contributed by atoms with E-state index >= 15 is 0 Å². The van der Waals surface area contributed by atoms with Crippen LogP contribution in [0.15, 0.2) is 87.5 Å². The Bertz CT molecular complexity index is 1260. The number of allylic oxidation sites excluding steroid dienone is 3. The topological polar surface area (TPSA) is 87.2 Å². The van der Waals surface area contributed by atoms with Gasteiger partial charge in [0, 0.05) is 16.0 Å². The maximum atomic E-state index is 12.6. The van der Waals surface area contributed by atoms with Gasteiger partial charge in [-0.3, -0.25) is 24.9 Å². The maximum Gasteiger partial charge on any atom is 0.278 e. The normalized spacial score (nSPS) is 16.4. The summed E-state index contributed by atoms with van der Waals surface area (Å²) < 4.78 is 1.44. The van der Waals surface area contributed by atoms with Crippen molar-refractivity contribution in [2.45, 2.75) is 16.2 Å². The Morgan fingerprint density at radius 2 is 1.50 bits per heavy atom. The number of aromatic amines is 1. The second-order valence-corrected chi connectivity index (χ2v) is 8.16. The zero-order chi connectivity index (χ0) is 22.7. The number of benzene rings is 2. The van der Waals surface area contributed by atoms with E-state index in [2.05, 4.69) is 35.8 Å². The molecule has 32 heavy (non-hydrogen) atoms. The molecule has 4 rings (SSSR count). The molecule has 2 aromatic carbocycles. The average molecular weight is 465 g/mol. The number of H-pyrrole nitrogens is 1. The second-order valence-electron chi connectivity index (χ2n) is 7.13. The van der Waals surface area contributed by atoms with E-state index in [1.807, 2.05) is 0 Å². The Labute approximate surface area is 195 Å². The number of thiol groups is 2. The lowest BCUT2D eigenvalue weighted by Crippen LogP contribution is -2.35. The minimum atomic E-state index is -0.797. The van der Waals surface area contributed by atoms with E-state index in [9.17, 15) is 14.4 Å². The molecule has 0 spiro atoms. The van der Waals surface area contributed by atoms with Crippen molar-refractivity contribution in [1.82, 2.24) is 15.2 Å². The first-order chi connectivity index (χ1) is 15.4. The van der Waals surface area contributed by atoms with E-state index in [1.54, 1.807) is 79.0 Å². The lowest BCUT2D eigenvalue weighted by molar-refractivity contribution is -0.127. The molecule has 0 radical (unpaired) electrons. The van der Waals surface area contributed by atoms with E-state index in [0.717, 1.165) is 9.79 Å². The number of hydrazine groups is 1. The van der Waals surface area contributed by atoms with Crippen LogP contribution in [0.2, 0.25) is 0 Å². The van der Waals surface area contributed by atoms with E-state index in [-0.39, 0.29) is 23.8 Å². The molecule has 162 valence electrons.